The second kappa shape index (κ2) is 6.02. The molecule has 1 heterocycles. The van der Waals surface area contributed by atoms with Gasteiger partial charge in [0.25, 0.3) is 0 Å². The Morgan fingerprint density at radius 1 is 1.00 bits per heavy atom. The molecule has 1 aromatic carbocycles. The van der Waals surface area contributed by atoms with Gasteiger partial charge in [0.1, 0.15) is 17.5 Å². The number of nitrogens with one attached hydrogen (secondary N) is 2. The highest BCUT2D eigenvalue weighted by Crippen LogP contribution is 2.27. The largest absolute Gasteiger partial charge is 0.365 e. The molecule has 1 aromatic heterocycles. The van der Waals surface area contributed by atoms with Crippen molar-refractivity contribution in [2.75, 3.05) is 10.6 Å². The fraction of sp³-hybridized carbons (Fsp3) is 0.375. The van der Waals surface area contributed by atoms with E-state index in [1.54, 1.807) is 0 Å². The summed E-state index contributed by atoms with van der Waals surface area (Å²) in [6.45, 7) is 10.3. The van der Waals surface area contributed by atoms with Gasteiger partial charge in [-0.1, -0.05) is 6.07 Å². The summed E-state index contributed by atoms with van der Waals surface area (Å²) in [5, 5.41) is 6.70. The van der Waals surface area contributed by atoms with Crippen LogP contribution in [0.25, 0.3) is 0 Å². The van der Waals surface area contributed by atoms with Gasteiger partial charge in [-0.05, 0) is 68.2 Å². The first-order valence-corrected chi connectivity index (χ1v) is 7.69. The zero-order chi connectivity index (χ0) is 15.6. The number of aryl methyl sites for hydroxylation is 2. The van der Waals surface area contributed by atoms with E-state index in [1.165, 1.54) is 5.56 Å². The van der Waals surface area contributed by atoms with Crippen LogP contribution in [0.5, 0.6) is 0 Å². The van der Waals surface area contributed by atoms with Crippen LogP contribution in [0, 0.1) is 13.8 Å². The molecule has 0 aliphatic heterocycles. The van der Waals surface area contributed by atoms with Crippen LogP contribution in [0.1, 0.15) is 32.2 Å². The quantitative estimate of drug-likeness (QED) is 0.835. The lowest BCUT2D eigenvalue weighted by Crippen LogP contribution is -2.26. The van der Waals surface area contributed by atoms with Gasteiger partial charge in [-0.15, -0.1) is 0 Å². The number of benzene rings is 1. The standard InChI is InChI=1S/C16H21BrN4/c1-10-6-7-13(12(17)8-10)20-14-9-15(19-11(2)18-14)21-16(3,4)5/h6-9H,1-5H3,(H2,18,19,20,21). The van der Waals surface area contributed by atoms with Gasteiger partial charge >= 0.3 is 0 Å². The molecule has 0 unspecified atom stereocenters. The van der Waals surface area contributed by atoms with E-state index in [1.807, 2.05) is 19.1 Å². The number of hydrogen-bond acceptors (Lipinski definition) is 4. The molecular formula is C16H21BrN4. The first-order chi connectivity index (χ1) is 9.73. The molecule has 0 spiro atoms. The molecule has 0 saturated heterocycles. The van der Waals surface area contributed by atoms with Crippen molar-refractivity contribution in [2.45, 2.75) is 40.2 Å². The molecule has 2 rings (SSSR count). The molecule has 21 heavy (non-hydrogen) atoms. The van der Waals surface area contributed by atoms with E-state index >= 15 is 0 Å². The second-order valence-corrected chi connectivity index (χ2v) is 7.02. The normalized spacial score (nSPS) is 11.3. The highest BCUT2D eigenvalue weighted by molar-refractivity contribution is 9.10. The molecule has 4 nitrogen and oxygen atoms in total. The molecule has 0 aliphatic carbocycles. The van der Waals surface area contributed by atoms with Gasteiger partial charge < -0.3 is 10.6 Å². The molecule has 2 aromatic rings. The topological polar surface area (TPSA) is 49.8 Å². The minimum atomic E-state index is -0.0392. The summed E-state index contributed by atoms with van der Waals surface area (Å²) in [5.41, 5.74) is 2.16. The monoisotopic (exact) mass is 348 g/mol. The average Bonchev–Trinajstić information content (AvgIpc) is 2.29. The number of anilines is 3. The SMILES string of the molecule is Cc1ccc(Nc2cc(NC(C)(C)C)nc(C)n2)c(Br)c1. The van der Waals surface area contributed by atoms with Crippen LogP contribution in [-0.2, 0) is 0 Å². The van der Waals surface area contributed by atoms with Crippen LogP contribution in [0.2, 0.25) is 0 Å². The molecular weight excluding hydrogens is 328 g/mol. The third-order valence-electron chi connectivity index (χ3n) is 2.73. The van der Waals surface area contributed by atoms with Gasteiger partial charge in [0, 0.05) is 16.1 Å². The van der Waals surface area contributed by atoms with Crippen molar-refractivity contribution in [3.05, 3.63) is 40.1 Å². The van der Waals surface area contributed by atoms with Gasteiger partial charge in [0.2, 0.25) is 0 Å². The number of nitrogens with zero attached hydrogens (tertiary/aromatic N) is 2. The smallest absolute Gasteiger partial charge is 0.136 e. The molecule has 5 heteroatoms. The molecule has 0 radical (unpaired) electrons. The van der Waals surface area contributed by atoms with Gasteiger partial charge in [0.05, 0.1) is 5.69 Å². The summed E-state index contributed by atoms with van der Waals surface area (Å²) in [4.78, 5) is 8.86. The van der Waals surface area contributed by atoms with Crippen LogP contribution < -0.4 is 10.6 Å². The van der Waals surface area contributed by atoms with Crippen LogP contribution in [-0.4, -0.2) is 15.5 Å². The third kappa shape index (κ3) is 4.70. The van der Waals surface area contributed by atoms with Gasteiger partial charge in [0.15, 0.2) is 0 Å². The first-order valence-electron chi connectivity index (χ1n) is 6.90. The number of aromatic nitrogens is 2. The second-order valence-electron chi connectivity index (χ2n) is 6.17. The Balaban J connectivity index is 2.27. The zero-order valence-electron chi connectivity index (χ0n) is 13.1. The number of hydrogen-bond donors (Lipinski definition) is 2. The summed E-state index contributed by atoms with van der Waals surface area (Å²) in [6, 6.07) is 8.10. The molecule has 0 atom stereocenters. The molecule has 2 N–H and O–H groups in total. The Bertz CT molecular complexity index is 647. The summed E-state index contributed by atoms with van der Waals surface area (Å²) in [5.74, 6) is 2.33. The van der Waals surface area contributed by atoms with Crippen LogP contribution in [0.15, 0.2) is 28.7 Å². The fourth-order valence-corrected chi connectivity index (χ4v) is 2.53. The van der Waals surface area contributed by atoms with Crippen LogP contribution >= 0.6 is 15.9 Å². The highest BCUT2D eigenvalue weighted by Gasteiger charge is 2.12. The highest BCUT2D eigenvalue weighted by atomic mass is 79.9. The van der Waals surface area contributed by atoms with E-state index in [-0.39, 0.29) is 5.54 Å². The van der Waals surface area contributed by atoms with Gasteiger partial charge in [-0.3, -0.25) is 0 Å². The van der Waals surface area contributed by atoms with Gasteiger partial charge in [-0.25, -0.2) is 9.97 Å². The Morgan fingerprint density at radius 3 is 2.29 bits per heavy atom. The molecule has 0 bridgehead atoms. The maximum absolute atomic E-state index is 4.44. The van der Waals surface area contributed by atoms with E-state index in [2.05, 4.69) is 76.4 Å². The van der Waals surface area contributed by atoms with Gasteiger partial charge in [-0.2, -0.15) is 0 Å². The maximum Gasteiger partial charge on any atom is 0.136 e. The lowest BCUT2D eigenvalue weighted by atomic mass is 10.1. The van der Waals surface area contributed by atoms with Crippen molar-refractivity contribution in [3.63, 3.8) is 0 Å². The average molecular weight is 349 g/mol. The van der Waals surface area contributed by atoms with Crippen molar-refractivity contribution in [1.82, 2.24) is 9.97 Å². The van der Waals surface area contributed by atoms with E-state index in [9.17, 15) is 0 Å². The van der Waals surface area contributed by atoms with Crippen molar-refractivity contribution >= 4 is 33.3 Å². The first kappa shape index (κ1) is 15.8. The van der Waals surface area contributed by atoms with Crippen LogP contribution in [0.4, 0.5) is 17.3 Å². The van der Waals surface area contributed by atoms with E-state index in [0.717, 1.165) is 27.6 Å². The van der Waals surface area contributed by atoms with Crippen molar-refractivity contribution in [2.24, 2.45) is 0 Å². The predicted octanol–water partition coefficient (Wildman–Crippen LogP) is 4.81. The van der Waals surface area contributed by atoms with E-state index in [4.69, 9.17) is 0 Å². The summed E-state index contributed by atoms with van der Waals surface area (Å²) >= 11 is 3.57. The molecule has 112 valence electrons. The maximum atomic E-state index is 4.44. The number of rotatable bonds is 3. The molecule has 0 fully saturated rings. The summed E-state index contributed by atoms with van der Waals surface area (Å²) in [7, 11) is 0. The Hall–Kier alpha value is -1.62. The lowest BCUT2D eigenvalue weighted by molar-refractivity contribution is 0.629. The minimum Gasteiger partial charge on any atom is -0.365 e. The number of halogens is 1. The molecule has 0 saturated carbocycles. The Morgan fingerprint density at radius 2 is 1.67 bits per heavy atom. The summed E-state index contributed by atoms with van der Waals surface area (Å²) < 4.78 is 1.02. The van der Waals surface area contributed by atoms with Crippen LogP contribution in [0.3, 0.4) is 0 Å². The van der Waals surface area contributed by atoms with Crippen molar-refractivity contribution in [3.8, 4) is 0 Å². The fourth-order valence-electron chi connectivity index (χ4n) is 1.94. The lowest BCUT2D eigenvalue weighted by Gasteiger charge is -2.22. The molecule has 0 aliphatic rings. The molecule has 0 amide bonds. The van der Waals surface area contributed by atoms with E-state index in [0.29, 0.717) is 0 Å². The third-order valence-corrected chi connectivity index (χ3v) is 3.38. The summed E-state index contributed by atoms with van der Waals surface area (Å²) in [6.07, 6.45) is 0. The Labute approximate surface area is 134 Å². The van der Waals surface area contributed by atoms with Crippen molar-refractivity contribution < 1.29 is 0 Å². The zero-order valence-corrected chi connectivity index (χ0v) is 14.7. The Kier molecular flexibility index (Phi) is 4.52. The predicted molar refractivity (Wildman–Crippen MR) is 92.3 cm³/mol. The van der Waals surface area contributed by atoms with Crippen molar-refractivity contribution in [1.29, 1.82) is 0 Å². The minimum absolute atomic E-state index is 0.0392. The van der Waals surface area contributed by atoms with E-state index < -0.39 is 0 Å².